The first-order valence-corrected chi connectivity index (χ1v) is 9.99. The number of halogens is 2. The number of anilines is 4. The minimum Gasteiger partial charge on any atom is -0.495 e. The molecule has 0 atom stereocenters. The van der Waals surface area contributed by atoms with E-state index in [2.05, 4.69) is 20.6 Å². The van der Waals surface area contributed by atoms with E-state index in [0.29, 0.717) is 0 Å². The van der Waals surface area contributed by atoms with Crippen LogP contribution in [0.3, 0.4) is 0 Å². The third kappa shape index (κ3) is 5.16. The molecule has 0 saturated heterocycles. The highest BCUT2D eigenvalue weighted by Gasteiger charge is 2.22. The molecule has 0 spiro atoms. The fourth-order valence-electron chi connectivity index (χ4n) is 2.77. The molecule has 0 aliphatic heterocycles. The highest BCUT2D eigenvalue weighted by Crippen LogP contribution is 2.44. The SMILES string of the molecule is COc1cc(OC)c(Cl)c(NC(=O)N(C)c2cc(Nc3ccccc3[N+](=O)[O-])ncn2)c1Cl. The summed E-state index contributed by atoms with van der Waals surface area (Å²) >= 11 is 12.6. The summed E-state index contributed by atoms with van der Waals surface area (Å²) in [5.41, 5.74) is 0.208. The summed E-state index contributed by atoms with van der Waals surface area (Å²) in [6.45, 7) is 0. The summed E-state index contributed by atoms with van der Waals surface area (Å²) < 4.78 is 10.4. The Labute approximate surface area is 198 Å². The second-order valence-corrected chi connectivity index (χ2v) is 7.19. The summed E-state index contributed by atoms with van der Waals surface area (Å²) in [6, 6.07) is 8.42. The van der Waals surface area contributed by atoms with Crippen LogP contribution in [0.5, 0.6) is 11.5 Å². The van der Waals surface area contributed by atoms with Gasteiger partial charge in [-0.2, -0.15) is 0 Å². The molecular weight excluding hydrogens is 475 g/mol. The zero-order valence-corrected chi connectivity index (χ0v) is 19.1. The average molecular weight is 493 g/mol. The standard InChI is InChI=1S/C20H18Cl2N6O5/c1-27(20(29)26-19-17(21)13(32-2)8-14(33-3)18(19)22)16-9-15(23-10-24-16)25-11-6-4-5-7-12(11)28(30)31/h4-10H,1-3H3,(H,26,29)(H,23,24,25). The highest BCUT2D eigenvalue weighted by atomic mass is 35.5. The number of nitro benzene ring substituents is 1. The van der Waals surface area contributed by atoms with Gasteiger partial charge in [0.15, 0.2) is 0 Å². The zero-order chi connectivity index (χ0) is 24.1. The Morgan fingerprint density at radius 3 is 2.33 bits per heavy atom. The number of hydrogen-bond donors (Lipinski definition) is 2. The van der Waals surface area contributed by atoms with Crippen molar-refractivity contribution in [3.05, 3.63) is 62.9 Å². The topological polar surface area (TPSA) is 132 Å². The number of nitro groups is 1. The molecule has 11 nitrogen and oxygen atoms in total. The highest BCUT2D eigenvalue weighted by molar-refractivity contribution is 6.41. The maximum atomic E-state index is 12.9. The molecule has 172 valence electrons. The Kier molecular flexibility index (Phi) is 7.36. The van der Waals surface area contributed by atoms with Gasteiger partial charge in [0.25, 0.3) is 5.69 Å². The third-order valence-corrected chi connectivity index (χ3v) is 5.22. The van der Waals surface area contributed by atoms with Gasteiger partial charge in [-0.05, 0) is 6.07 Å². The fourth-order valence-corrected chi connectivity index (χ4v) is 3.36. The number of carbonyl (C=O) groups is 1. The van der Waals surface area contributed by atoms with E-state index in [4.69, 9.17) is 32.7 Å². The molecule has 0 aliphatic carbocycles. The van der Waals surface area contributed by atoms with Crippen LogP contribution in [0.2, 0.25) is 10.0 Å². The Morgan fingerprint density at radius 1 is 1.09 bits per heavy atom. The Balaban J connectivity index is 1.85. The molecule has 3 aromatic rings. The lowest BCUT2D eigenvalue weighted by molar-refractivity contribution is -0.383. The predicted octanol–water partition coefficient (Wildman–Crippen LogP) is 5.12. The summed E-state index contributed by atoms with van der Waals surface area (Å²) in [6.07, 6.45) is 1.21. The number of nitrogens with zero attached hydrogens (tertiary/aromatic N) is 4. The van der Waals surface area contributed by atoms with Crippen molar-refractivity contribution in [3.8, 4) is 11.5 Å². The smallest absolute Gasteiger partial charge is 0.327 e. The van der Waals surface area contributed by atoms with Crippen molar-refractivity contribution in [2.24, 2.45) is 0 Å². The molecule has 33 heavy (non-hydrogen) atoms. The van der Waals surface area contributed by atoms with Crippen LogP contribution in [0, 0.1) is 10.1 Å². The normalized spacial score (nSPS) is 10.3. The van der Waals surface area contributed by atoms with Crippen molar-refractivity contribution in [1.29, 1.82) is 0 Å². The van der Waals surface area contributed by atoms with Gasteiger partial charge < -0.3 is 20.1 Å². The number of amides is 2. The molecule has 3 rings (SSSR count). The van der Waals surface area contributed by atoms with Gasteiger partial charge in [-0.3, -0.25) is 15.0 Å². The van der Waals surface area contributed by atoms with Gasteiger partial charge in [-0.1, -0.05) is 35.3 Å². The summed E-state index contributed by atoms with van der Waals surface area (Å²) in [7, 11) is 4.29. The Bertz CT molecular complexity index is 1180. The average Bonchev–Trinajstić information content (AvgIpc) is 2.81. The van der Waals surface area contributed by atoms with Gasteiger partial charge in [0.05, 0.1) is 24.8 Å². The van der Waals surface area contributed by atoms with Gasteiger partial charge in [-0.15, -0.1) is 0 Å². The van der Waals surface area contributed by atoms with E-state index in [9.17, 15) is 14.9 Å². The van der Waals surface area contributed by atoms with Gasteiger partial charge in [0, 0.05) is 25.2 Å². The largest absolute Gasteiger partial charge is 0.495 e. The van der Waals surface area contributed by atoms with E-state index in [1.54, 1.807) is 12.1 Å². The fraction of sp³-hybridized carbons (Fsp3) is 0.150. The van der Waals surface area contributed by atoms with Crippen LogP contribution in [0.1, 0.15) is 0 Å². The van der Waals surface area contributed by atoms with Gasteiger partial charge in [0.2, 0.25) is 0 Å². The van der Waals surface area contributed by atoms with Crippen molar-refractivity contribution in [1.82, 2.24) is 9.97 Å². The van der Waals surface area contributed by atoms with Crippen molar-refractivity contribution in [2.75, 3.05) is 36.8 Å². The van der Waals surface area contributed by atoms with Crippen LogP contribution in [0.25, 0.3) is 0 Å². The molecule has 0 saturated carbocycles. The Hall–Kier alpha value is -3.83. The van der Waals surface area contributed by atoms with Crippen molar-refractivity contribution < 1.29 is 19.2 Å². The lowest BCUT2D eigenvalue weighted by atomic mass is 10.2. The van der Waals surface area contributed by atoms with Gasteiger partial charge >= 0.3 is 6.03 Å². The number of aromatic nitrogens is 2. The first-order valence-electron chi connectivity index (χ1n) is 9.24. The molecule has 13 heteroatoms. The molecule has 0 radical (unpaired) electrons. The number of hydrogen-bond acceptors (Lipinski definition) is 8. The molecular formula is C20H18Cl2N6O5. The van der Waals surface area contributed by atoms with E-state index in [-0.39, 0.29) is 50.2 Å². The summed E-state index contributed by atoms with van der Waals surface area (Å²) in [4.78, 5) is 32.9. The van der Waals surface area contributed by atoms with Crippen molar-refractivity contribution >= 4 is 57.9 Å². The number of ether oxygens (including phenoxy) is 2. The maximum absolute atomic E-state index is 12.9. The number of rotatable bonds is 7. The molecule has 1 aromatic heterocycles. The predicted molar refractivity (Wildman–Crippen MR) is 125 cm³/mol. The van der Waals surface area contributed by atoms with E-state index in [1.165, 1.54) is 56.8 Å². The molecule has 0 fully saturated rings. The second-order valence-electron chi connectivity index (χ2n) is 6.43. The van der Waals surface area contributed by atoms with Gasteiger partial charge in [0.1, 0.15) is 45.2 Å². The first kappa shape index (κ1) is 23.8. The van der Waals surface area contributed by atoms with Crippen molar-refractivity contribution in [3.63, 3.8) is 0 Å². The third-order valence-electron chi connectivity index (χ3n) is 4.47. The molecule has 2 N–H and O–H groups in total. The van der Waals surface area contributed by atoms with Crippen LogP contribution < -0.4 is 25.0 Å². The minimum absolute atomic E-state index is 0.0893. The lowest BCUT2D eigenvalue weighted by Crippen LogP contribution is -2.32. The van der Waals surface area contributed by atoms with E-state index in [0.717, 1.165) is 0 Å². The van der Waals surface area contributed by atoms with Crippen LogP contribution >= 0.6 is 23.2 Å². The Morgan fingerprint density at radius 2 is 1.73 bits per heavy atom. The van der Waals surface area contributed by atoms with Crippen LogP contribution in [0.4, 0.5) is 33.5 Å². The second kappa shape index (κ2) is 10.2. The molecule has 2 aromatic carbocycles. The van der Waals surface area contributed by atoms with Crippen LogP contribution in [-0.4, -0.2) is 42.2 Å². The molecule has 0 bridgehead atoms. The monoisotopic (exact) mass is 492 g/mol. The number of methoxy groups -OCH3 is 2. The number of urea groups is 1. The lowest BCUT2D eigenvalue weighted by Gasteiger charge is -2.20. The van der Waals surface area contributed by atoms with Crippen LogP contribution in [-0.2, 0) is 0 Å². The zero-order valence-electron chi connectivity index (χ0n) is 17.6. The molecule has 1 heterocycles. The maximum Gasteiger partial charge on any atom is 0.327 e. The van der Waals surface area contributed by atoms with E-state index < -0.39 is 11.0 Å². The van der Waals surface area contributed by atoms with Gasteiger partial charge in [-0.25, -0.2) is 14.8 Å². The van der Waals surface area contributed by atoms with E-state index >= 15 is 0 Å². The minimum atomic E-state index is -0.621. The summed E-state index contributed by atoms with van der Waals surface area (Å²) in [5, 5.41) is 16.9. The first-order chi connectivity index (χ1) is 15.8. The number of carbonyl (C=O) groups excluding carboxylic acids is 1. The quantitative estimate of drug-likeness (QED) is 0.343. The molecule has 0 aliphatic rings. The summed E-state index contributed by atoms with van der Waals surface area (Å²) in [5.74, 6) is 0.960. The molecule has 2 amide bonds. The van der Waals surface area contributed by atoms with Crippen molar-refractivity contribution in [2.45, 2.75) is 0 Å². The van der Waals surface area contributed by atoms with E-state index in [1.807, 2.05) is 0 Å². The number of para-hydroxylation sites is 2. The molecule has 0 unspecified atom stereocenters. The number of benzene rings is 2. The number of nitrogens with one attached hydrogen (secondary N) is 2. The van der Waals surface area contributed by atoms with Crippen LogP contribution in [0.15, 0.2) is 42.7 Å².